The van der Waals surface area contributed by atoms with Crippen molar-refractivity contribution in [1.29, 1.82) is 0 Å². The molecule has 0 saturated heterocycles. The normalized spacial score (nSPS) is 11.8. The Morgan fingerprint density at radius 1 is 1.29 bits per heavy atom. The third-order valence-electron chi connectivity index (χ3n) is 2.51. The summed E-state index contributed by atoms with van der Waals surface area (Å²) in [7, 11) is 4.49. The molecule has 0 fully saturated rings. The number of esters is 1. The molecule has 3 N–H and O–H groups in total. The van der Waals surface area contributed by atoms with E-state index in [0.717, 1.165) is 5.56 Å². The van der Waals surface area contributed by atoms with Gasteiger partial charge >= 0.3 is 5.97 Å². The molecule has 0 saturated carbocycles. The van der Waals surface area contributed by atoms with Gasteiger partial charge in [-0.1, -0.05) is 6.07 Å². The molecule has 1 aromatic carbocycles. The van der Waals surface area contributed by atoms with Crippen molar-refractivity contribution in [2.45, 2.75) is 12.5 Å². The van der Waals surface area contributed by atoms with E-state index in [-0.39, 0.29) is 18.4 Å². The fourth-order valence-electron chi connectivity index (χ4n) is 1.63. The van der Waals surface area contributed by atoms with Crippen LogP contribution in [0.5, 0.6) is 11.5 Å². The predicted molar refractivity (Wildman–Crippen MR) is 61.8 cm³/mol. The molecule has 1 atom stereocenters. The zero-order chi connectivity index (χ0) is 12.8. The van der Waals surface area contributed by atoms with E-state index in [4.69, 9.17) is 9.47 Å². The summed E-state index contributed by atoms with van der Waals surface area (Å²) in [6.07, 6.45) is 0.208. The zero-order valence-corrected chi connectivity index (χ0v) is 10.4. The number of benzene rings is 1. The Balaban J connectivity index is 3.00. The first-order chi connectivity index (χ1) is 8.13. The van der Waals surface area contributed by atoms with E-state index in [9.17, 15) is 4.79 Å². The van der Waals surface area contributed by atoms with Crippen LogP contribution in [0.3, 0.4) is 0 Å². The van der Waals surface area contributed by atoms with Crippen molar-refractivity contribution in [2.24, 2.45) is 0 Å². The van der Waals surface area contributed by atoms with E-state index in [0.29, 0.717) is 11.5 Å². The molecular weight excluding hydrogens is 222 g/mol. The molecule has 0 bridgehead atoms. The smallest absolute Gasteiger partial charge is 0.311 e. The number of quaternary nitrogens is 1. The van der Waals surface area contributed by atoms with E-state index in [2.05, 4.69) is 10.5 Å². The summed E-state index contributed by atoms with van der Waals surface area (Å²) in [6, 6.07) is 5.27. The Morgan fingerprint density at radius 2 is 2.00 bits per heavy atom. The van der Waals surface area contributed by atoms with Crippen LogP contribution in [0.2, 0.25) is 0 Å². The van der Waals surface area contributed by atoms with Gasteiger partial charge in [0.15, 0.2) is 11.5 Å². The molecule has 0 spiro atoms. The van der Waals surface area contributed by atoms with Crippen LogP contribution in [0, 0.1) is 0 Å². The maximum atomic E-state index is 11.2. The average Bonchev–Trinajstić information content (AvgIpc) is 2.37. The Kier molecular flexibility index (Phi) is 4.78. The van der Waals surface area contributed by atoms with Crippen LogP contribution < -0.4 is 15.2 Å². The highest BCUT2D eigenvalue weighted by molar-refractivity contribution is 5.70. The Bertz CT molecular complexity index is 392. The van der Waals surface area contributed by atoms with Crippen molar-refractivity contribution < 1.29 is 24.7 Å². The maximum Gasteiger partial charge on any atom is 0.311 e. The van der Waals surface area contributed by atoms with Crippen LogP contribution in [0.15, 0.2) is 18.2 Å². The number of rotatable bonds is 5. The molecule has 0 heterocycles. The highest BCUT2D eigenvalue weighted by atomic mass is 16.5. The van der Waals surface area contributed by atoms with Crippen molar-refractivity contribution in [2.75, 3.05) is 21.3 Å². The first-order valence-electron chi connectivity index (χ1n) is 5.24. The van der Waals surface area contributed by atoms with E-state index in [1.54, 1.807) is 20.3 Å². The fraction of sp³-hybridized carbons (Fsp3) is 0.417. The third-order valence-corrected chi connectivity index (χ3v) is 2.51. The number of ether oxygens (including phenoxy) is 3. The molecule has 0 radical (unpaired) electrons. The molecule has 0 aliphatic heterocycles. The Labute approximate surface area is 100 Å². The first-order valence-corrected chi connectivity index (χ1v) is 5.24. The van der Waals surface area contributed by atoms with Gasteiger partial charge in [-0.2, -0.15) is 0 Å². The van der Waals surface area contributed by atoms with Gasteiger partial charge in [0.2, 0.25) is 0 Å². The van der Waals surface area contributed by atoms with Gasteiger partial charge < -0.3 is 19.9 Å². The molecule has 17 heavy (non-hydrogen) atoms. The quantitative estimate of drug-likeness (QED) is 0.763. The second kappa shape index (κ2) is 6.10. The molecule has 0 aliphatic carbocycles. The molecule has 5 heteroatoms. The van der Waals surface area contributed by atoms with E-state index in [1.807, 2.05) is 12.1 Å². The second-order valence-corrected chi connectivity index (χ2v) is 3.56. The van der Waals surface area contributed by atoms with Crippen LogP contribution in [-0.4, -0.2) is 27.3 Å². The molecular formula is C12H18NO4+. The zero-order valence-electron chi connectivity index (χ0n) is 10.4. The number of carbonyl (C=O) groups is 1. The molecule has 5 nitrogen and oxygen atoms in total. The number of methoxy groups -OCH3 is 3. The highest BCUT2D eigenvalue weighted by Gasteiger charge is 2.21. The Hall–Kier alpha value is -1.75. The lowest BCUT2D eigenvalue weighted by molar-refractivity contribution is -0.426. The van der Waals surface area contributed by atoms with Gasteiger partial charge in [0, 0.05) is 0 Å². The lowest BCUT2D eigenvalue weighted by atomic mass is 10.0. The highest BCUT2D eigenvalue weighted by Crippen LogP contribution is 2.34. The monoisotopic (exact) mass is 240 g/mol. The van der Waals surface area contributed by atoms with Crippen LogP contribution in [0.25, 0.3) is 0 Å². The summed E-state index contributed by atoms with van der Waals surface area (Å²) in [5.41, 5.74) is 4.77. The summed E-state index contributed by atoms with van der Waals surface area (Å²) < 4.78 is 15.1. The minimum absolute atomic E-state index is 0.208. The van der Waals surface area contributed by atoms with Gasteiger partial charge in [-0.05, 0) is 12.1 Å². The van der Waals surface area contributed by atoms with Gasteiger partial charge in [-0.15, -0.1) is 0 Å². The molecule has 0 aliphatic rings. The van der Waals surface area contributed by atoms with Crippen LogP contribution in [0.1, 0.15) is 18.0 Å². The molecule has 1 aromatic rings. The summed E-state index contributed by atoms with van der Waals surface area (Å²) in [6.45, 7) is 0. The number of hydrogen-bond donors (Lipinski definition) is 1. The van der Waals surface area contributed by atoms with Crippen molar-refractivity contribution in [3.63, 3.8) is 0 Å². The topological polar surface area (TPSA) is 72.4 Å². The van der Waals surface area contributed by atoms with Crippen molar-refractivity contribution >= 4 is 5.97 Å². The minimum Gasteiger partial charge on any atom is -0.493 e. The minimum atomic E-state index is -0.296. The van der Waals surface area contributed by atoms with Gasteiger partial charge in [-0.3, -0.25) is 4.79 Å². The van der Waals surface area contributed by atoms with Gasteiger partial charge in [-0.25, -0.2) is 0 Å². The maximum absolute atomic E-state index is 11.2. The Morgan fingerprint density at radius 3 is 2.53 bits per heavy atom. The lowest BCUT2D eigenvalue weighted by Crippen LogP contribution is -2.54. The number of carbonyl (C=O) groups excluding carboxylic acids is 1. The van der Waals surface area contributed by atoms with Crippen molar-refractivity contribution in [1.82, 2.24) is 0 Å². The molecule has 0 aromatic heterocycles. The molecule has 0 amide bonds. The second-order valence-electron chi connectivity index (χ2n) is 3.56. The lowest BCUT2D eigenvalue weighted by Gasteiger charge is -2.14. The SMILES string of the molecule is COC(=O)C[C@@H]([NH3+])c1cccc(OC)c1OC. The average molecular weight is 240 g/mol. The van der Waals surface area contributed by atoms with E-state index >= 15 is 0 Å². The summed E-state index contributed by atoms with van der Waals surface area (Å²) in [5, 5.41) is 0. The van der Waals surface area contributed by atoms with E-state index < -0.39 is 0 Å². The molecule has 1 rings (SSSR count). The van der Waals surface area contributed by atoms with Gasteiger partial charge in [0.25, 0.3) is 0 Å². The molecule has 0 unspecified atom stereocenters. The standard InChI is InChI=1S/C12H17NO4/c1-15-10-6-4-5-8(12(10)17-3)9(13)7-11(14)16-2/h4-6,9H,7,13H2,1-3H3/p+1/t9-/m1/s1. The number of para-hydroxylation sites is 1. The largest absolute Gasteiger partial charge is 0.493 e. The van der Waals surface area contributed by atoms with Crippen molar-refractivity contribution in [3.05, 3.63) is 23.8 Å². The summed E-state index contributed by atoms with van der Waals surface area (Å²) >= 11 is 0. The van der Waals surface area contributed by atoms with Crippen molar-refractivity contribution in [3.8, 4) is 11.5 Å². The van der Waals surface area contributed by atoms with Gasteiger partial charge in [0.05, 0.1) is 26.9 Å². The fourth-order valence-corrected chi connectivity index (χ4v) is 1.63. The molecule has 94 valence electrons. The third kappa shape index (κ3) is 3.10. The predicted octanol–water partition coefficient (Wildman–Crippen LogP) is 0.550. The van der Waals surface area contributed by atoms with Crippen LogP contribution in [-0.2, 0) is 9.53 Å². The van der Waals surface area contributed by atoms with Crippen LogP contribution in [0.4, 0.5) is 0 Å². The summed E-state index contributed by atoms with van der Waals surface area (Å²) in [4.78, 5) is 11.2. The van der Waals surface area contributed by atoms with E-state index in [1.165, 1.54) is 7.11 Å². The number of hydrogen-bond acceptors (Lipinski definition) is 4. The first kappa shape index (κ1) is 13.3. The van der Waals surface area contributed by atoms with Gasteiger partial charge in [0.1, 0.15) is 12.5 Å². The summed E-state index contributed by atoms with van der Waals surface area (Å²) in [5.74, 6) is 0.942. The van der Waals surface area contributed by atoms with Crippen LogP contribution >= 0.6 is 0 Å².